The molecule has 1 spiro atoms. The molecule has 2 aromatic carbocycles. The minimum Gasteiger partial charge on any atom is -0.478 e. The highest BCUT2D eigenvalue weighted by Crippen LogP contribution is 2.60. The quantitative estimate of drug-likeness (QED) is 0.659. The van der Waals surface area contributed by atoms with Gasteiger partial charge in [-0.3, -0.25) is 0 Å². The van der Waals surface area contributed by atoms with Gasteiger partial charge in [-0.05, 0) is 55.1 Å². The molecule has 1 atom stereocenters. The third-order valence-corrected chi connectivity index (χ3v) is 7.15. The summed E-state index contributed by atoms with van der Waals surface area (Å²) in [4.78, 5) is 19.1. The topological polar surface area (TPSA) is 86.6 Å². The molecule has 6 heteroatoms. The van der Waals surface area contributed by atoms with Gasteiger partial charge in [0.05, 0.1) is 5.25 Å². The zero-order chi connectivity index (χ0) is 20.9. The lowest BCUT2D eigenvalue weighted by Gasteiger charge is -2.34. The van der Waals surface area contributed by atoms with E-state index in [0.717, 1.165) is 13.1 Å². The predicted molar refractivity (Wildman–Crippen MR) is 115 cm³/mol. The number of hydrogen-bond acceptors (Lipinski definition) is 4. The smallest absolute Gasteiger partial charge is 0.328 e. The summed E-state index contributed by atoms with van der Waals surface area (Å²) in [7, 11) is 0. The fourth-order valence-electron chi connectivity index (χ4n) is 3.97. The van der Waals surface area contributed by atoms with Crippen molar-refractivity contribution in [2.24, 2.45) is 0 Å². The Morgan fingerprint density at radius 2 is 1.52 bits per heavy atom. The molecule has 2 aliphatic rings. The molecule has 2 aromatic rings. The first-order chi connectivity index (χ1) is 13.9. The van der Waals surface area contributed by atoms with Gasteiger partial charge >= 0.3 is 11.9 Å². The molecule has 1 saturated heterocycles. The number of carbonyl (C=O) groups is 2. The van der Waals surface area contributed by atoms with Gasteiger partial charge in [0.2, 0.25) is 0 Å². The molecule has 5 nitrogen and oxygen atoms in total. The van der Waals surface area contributed by atoms with E-state index in [-0.39, 0.29) is 0 Å². The summed E-state index contributed by atoms with van der Waals surface area (Å²) in [5.41, 5.74) is 6.03. The van der Waals surface area contributed by atoms with Crippen LogP contribution in [0, 0.1) is 6.92 Å². The molecule has 3 N–H and O–H groups in total. The van der Waals surface area contributed by atoms with Crippen molar-refractivity contribution in [3.8, 4) is 0 Å². The third-order valence-electron chi connectivity index (χ3n) is 5.33. The van der Waals surface area contributed by atoms with Crippen LogP contribution in [0.5, 0.6) is 0 Å². The maximum absolute atomic E-state index is 9.55. The van der Waals surface area contributed by atoms with Gasteiger partial charge in [-0.1, -0.05) is 48.5 Å². The Morgan fingerprint density at radius 1 is 0.966 bits per heavy atom. The van der Waals surface area contributed by atoms with Gasteiger partial charge in [-0.25, -0.2) is 9.59 Å². The summed E-state index contributed by atoms with van der Waals surface area (Å²) in [5.74, 6) is -2.51. The highest BCUT2D eigenvalue weighted by atomic mass is 32.2. The summed E-state index contributed by atoms with van der Waals surface area (Å²) in [5, 5.41) is 19.6. The number of rotatable bonds is 3. The van der Waals surface area contributed by atoms with E-state index in [9.17, 15) is 9.59 Å². The Labute approximate surface area is 174 Å². The fraction of sp³-hybridized carbons (Fsp3) is 0.304. The molecule has 152 valence electrons. The highest BCUT2D eigenvalue weighted by Gasteiger charge is 2.45. The number of benzene rings is 2. The van der Waals surface area contributed by atoms with Crippen molar-refractivity contribution in [1.29, 1.82) is 0 Å². The molecule has 2 aliphatic heterocycles. The van der Waals surface area contributed by atoms with Crippen LogP contribution in [0.15, 0.2) is 60.7 Å². The number of carboxylic acid groups (broad SMARTS) is 2. The number of aliphatic carboxylic acids is 2. The standard InChI is InChI=1S/C19H21NS.C4H4O4/c1-14-6-2-3-7-15(14)18-16-8-4-5-9-17(16)19(21-18)10-12-20-13-11-19;5-3(6)1-2-4(7)8/h2-9,18,20H,10-13H2,1H3;1-2H,(H,5,6)(H,7,8). The van der Waals surface area contributed by atoms with Crippen molar-refractivity contribution < 1.29 is 19.8 Å². The molecular weight excluding hydrogens is 386 g/mol. The van der Waals surface area contributed by atoms with Gasteiger partial charge in [0.25, 0.3) is 0 Å². The van der Waals surface area contributed by atoms with Crippen molar-refractivity contribution in [2.45, 2.75) is 29.8 Å². The number of nitrogens with one attached hydrogen (secondary N) is 1. The second kappa shape index (κ2) is 9.29. The van der Waals surface area contributed by atoms with E-state index in [1.54, 1.807) is 11.1 Å². The van der Waals surface area contributed by atoms with Crippen molar-refractivity contribution in [1.82, 2.24) is 5.32 Å². The zero-order valence-electron chi connectivity index (χ0n) is 16.3. The Bertz CT molecular complexity index is 903. The average Bonchev–Trinajstić information content (AvgIpc) is 3.02. The summed E-state index contributed by atoms with van der Waals surface area (Å²) in [6, 6.07) is 18.0. The van der Waals surface area contributed by atoms with E-state index >= 15 is 0 Å². The molecule has 0 aliphatic carbocycles. The second-order valence-corrected chi connectivity index (χ2v) is 8.68. The van der Waals surface area contributed by atoms with Crippen LogP contribution in [0.1, 0.15) is 40.3 Å². The average molecular weight is 412 g/mol. The van der Waals surface area contributed by atoms with Crippen LogP contribution < -0.4 is 5.32 Å². The lowest BCUT2D eigenvalue weighted by Crippen LogP contribution is -2.36. The summed E-state index contributed by atoms with van der Waals surface area (Å²) >= 11 is 2.19. The second-order valence-electron chi connectivity index (χ2n) is 7.20. The van der Waals surface area contributed by atoms with E-state index in [0.29, 0.717) is 22.1 Å². The predicted octanol–water partition coefficient (Wildman–Crippen LogP) is 4.12. The van der Waals surface area contributed by atoms with E-state index in [2.05, 4.69) is 72.5 Å². The van der Waals surface area contributed by atoms with Gasteiger partial charge in [0, 0.05) is 16.9 Å². The summed E-state index contributed by atoms with van der Waals surface area (Å²) < 4.78 is 0.328. The molecule has 0 saturated carbocycles. The first-order valence-corrected chi connectivity index (χ1v) is 10.5. The first-order valence-electron chi connectivity index (χ1n) is 9.60. The lowest BCUT2D eigenvalue weighted by atomic mass is 9.85. The van der Waals surface area contributed by atoms with E-state index in [4.69, 9.17) is 10.2 Å². The van der Waals surface area contributed by atoms with Crippen LogP contribution in [0.2, 0.25) is 0 Å². The van der Waals surface area contributed by atoms with Crippen LogP contribution in [-0.2, 0) is 14.3 Å². The van der Waals surface area contributed by atoms with Gasteiger partial charge < -0.3 is 15.5 Å². The largest absolute Gasteiger partial charge is 0.478 e. The number of piperidine rings is 1. The highest BCUT2D eigenvalue weighted by molar-refractivity contribution is 8.01. The van der Waals surface area contributed by atoms with E-state index in [1.807, 2.05) is 0 Å². The minimum atomic E-state index is -1.26. The first kappa shape index (κ1) is 21.1. The van der Waals surface area contributed by atoms with Gasteiger partial charge in [0.1, 0.15) is 0 Å². The Balaban J connectivity index is 0.000000258. The molecule has 4 rings (SSSR count). The zero-order valence-corrected chi connectivity index (χ0v) is 17.1. The Hall–Kier alpha value is -2.57. The number of aryl methyl sites for hydroxylation is 1. The molecule has 2 heterocycles. The molecule has 1 fully saturated rings. The van der Waals surface area contributed by atoms with Gasteiger partial charge in [-0.2, -0.15) is 0 Å². The van der Waals surface area contributed by atoms with E-state index in [1.165, 1.54) is 24.0 Å². The van der Waals surface area contributed by atoms with Crippen molar-refractivity contribution in [3.63, 3.8) is 0 Å². The van der Waals surface area contributed by atoms with Crippen molar-refractivity contribution >= 4 is 23.7 Å². The molecule has 29 heavy (non-hydrogen) atoms. The van der Waals surface area contributed by atoms with Crippen molar-refractivity contribution in [2.75, 3.05) is 13.1 Å². The molecule has 0 bridgehead atoms. The molecule has 0 aromatic heterocycles. The lowest BCUT2D eigenvalue weighted by molar-refractivity contribution is -0.134. The molecule has 0 radical (unpaired) electrons. The van der Waals surface area contributed by atoms with Crippen LogP contribution in [-0.4, -0.2) is 35.2 Å². The van der Waals surface area contributed by atoms with Gasteiger partial charge in [-0.15, -0.1) is 11.8 Å². The number of carboxylic acids is 2. The SMILES string of the molecule is Cc1ccccc1C1SC2(CCNCC2)c2ccccc21.O=C(O)C=CC(=O)O. The normalized spacial score (nSPS) is 19.4. The summed E-state index contributed by atoms with van der Waals surface area (Å²) in [6.45, 7) is 4.52. The fourth-order valence-corrected chi connectivity index (χ4v) is 5.89. The summed E-state index contributed by atoms with van der Waals surface area (Å²) in [6.07, 6.45) is 3.61. The number of hydrogen-bond donors (Lipinski definition) is 3. The van der Waals surface area contributed by atoms with E-state index < -0.39 is 11.9 Å². The minimum absolute atomic E-state index is 0.328. The van der Waals surface area contributed by atoms with Crippen LogP contribution >= 0.6 is 11.8 Å². The monoisotopic (exact) mass is 411 g/mol. The maximum atomic E-state index is 9.55. The Kier molecular flexibility index (Phi) is 6.77. The number of fused-ring (bicyclic) bond motifs is 2. The van der Waals surface area contributed by atoms with Crippen LogP contribution in [0.3, 0.4) is 0 Å². The van der Waals surface area contributed by atoms with Crippen molar-refractivity contribution in [3.05, 3.63) is 82.9 Å². The van der Waals surface area contributed by atoms with Gasteiger partial charge in [0.15, 0.2) is 0 Å². The van der Waals surface area contributed by atoms with Crippen LogP contribution in [0.25, 0.3) is 0 Å². The number of thioether (sulfide) groups is 1. The molecular formula is C23H25NO4S. The van der Waals surface area contributed by atoms with Crippen LogP contribution in [0.4, 0.5) is 0 Å². The Morgan fingerprint density at radius 3 is 2.10 bits per heavy atom. The molecule has 0 amide bonds. The molecule has 1 unspecified atom stereocenters. The third kappa shape index (κ3) is 4.89. The maximum Gasteiger partial charge on any atom is 0.328 e.